The maximum atomic E-state index is 10.1. The van der Waals surface area contributed by atoms with E-state index in [0.29, 0.717) is 17.9 Å². The zero-order chi connectivity index (χ0) is 6.85. The molecule has 0 saturated carbocycles. The van der Waals surface area contributed by atoms with E-state index < -0.39 is 6.10 Å². The highest BCUT2D eigenvalue weighted by atomic mass is 16.5. The van der Waals surface area contributed by atoms with Crippen LogP contribution in [0.5, 0.6) is 0 Å². The summed E-state index contributed by atoms with van der Waals surface area (Å²) in [4.78, 5) is 13.9. The molecule has 0 saturated heterocycles. The van der Waals surface area contributed by atoms with Crippen molar-refractivity contribution < 1.29 is 9.53 Å². The summed E-state index contributed by atoms with van der Waals surface area (Å²) in [6.45, 7) is 5.20. The number of aliphatic imine (C=N–C) groups is 1. The van der Waals surface area contributed by atoms with Crippen molar-refractivity contribution in [3.8, 4) is 0 Å². The van der Waals surface area contributed by atoms with E-state index in [2.05, 4.69) is 11.6 Å². The standard InChI is InChI=1S/C6H7NO2/c1-4-6(3-8)9-5(2)7-4/h3,6H,1H2,2H3. The van der Waals surface area contributed by atoms with Gasteiger partial charge in [0.1, 0.15) is 0 Å². The van der Waals surface area contributed by atoms with Crippen molar-refractivity contribution in [1.29, 1.82) is 0 Å². The molecular weight excluding hydrogens is 118 g/mol. The Bertz CT molecular complexity index is 183. The predicted molar refractivity (Wildman–Crippen MR) is 33.2 cm³/mol. The zero-order valence-electron chi connectivity index (χ0n) is 5.13. The van der Waals surface area contributed by atoms with Gasteiger partial charge in [0, 0.05) is 6.92 Å². The Morgan fingerprint density at radius 2 is 2.56 bits per heavy atom. The maximum absolute atomic E-state index is 10.1. The van der Waals surface area contributed by atoms with Gasteiger partial charge in [0.25, 0.3) is 0 Å². The maximum Gasteiger partial charge on any atom is 0.196 e. The van der Waals surface area contributed by atoms with E-state index in [1.165, 1.54) is 0 Å². The van der Waals surface area contributed by atoms with Gasteiger partial charge in [-0.25, -0.2) is 4.99 Å². The van der Waals surface area contributed by atoms with E-state index in [0.717, 1.165) is 0 Å². The van der Waals surface area contributed by atoms with Crippen molar-refractivity contribution in [3.05, 3.63) is 12.3 Å². The van der Waals surface area contributed by atoms with Crippen LogP contribution >= 0.6 is 0 Å². The smallest absolute Gasteiger partial charge is 0.196 e. The van der Waals surface area contributed by atoms with E-state index in [4.69, 9.17) is 4.74 Å². The fourth-order valence-electron chi connectivity index (χ4n) is 0.650. The molecule has 1 aliphatic heterocycles. The lowest BCUT2D eigenvalue weighted by atomic mass is 10.3. The molecule has 0 fully saturated rings. The molecule has 1 aliphatic rings. The molecule has 0 bridgehead atoms. The van der Waals surface area contributed by atoms with E-state index in [-0.39, 0.29) is 0 Å². The molecule has 1 rings (SSSR count). The Labute approximate surface area is 53.0 Å². The number of aldehydes is 1. The Balaban J connectivity index is 2.71. The molecule has 1 atom stereocenters. The Morgan fingerprint density at radius 1 is 1.89 bits per heavy atom. The number of rotatable bonds is 1. The van der Waals surface area contributed by atoms with Gasteiger partial charge < -0.3 is 4.74 Å². The summed E-state index contributed by atoms with van der Waals surface area (Å²) >= 11 is 0. The molecule has 48 valence electrons. The van der Waals surface area contributed by atoms with E-state index in [1.54, 1.807) is 6.92 Å². The lowest BCUT2D eigenvalue weighted by Gasteiger charge is -1.99. The van der Waals surface area contributed by atoms with Crippen LogP contribution in [0.25, 0.3) is 0 Å². The van der Waals surface area contributed by atoms with Crippen molar-refractivity contribution in [2.45, 2.75) is 13.0 Å². The van der Waals surface area contributed by atoms with Crippen molar-refractivity contribution in [1.82, 2.24) is 0 Å². The molecule has 3 heteroatoms. The Hall–Kier alpha value is -1.12. The summed E-state index contributed by atoms with van der Waals surface area (Å²) < 4.78 is 4.91. The van der Waals surface area contributed by atoms with Gasteiger partial charge in [-0.2, -0.15) is 0 Å². The normalized spacial score (nSPS) is 25.2. The number of ether oxygens (including phenoxy) is 1. The van der Waals surface area contributed by atoms with E-state index >= 15 is 0 Å². The second kappa shape index (κ2) is 2.01. The fourth-order valence-corrected chi connectivity index (χ4v) is 0.650. The van der Waals surface area contributed by atoms with Crippen LogP contribution in [0.2, 0.25) is 0 Å². The molecule has 1 unspecified atom stereocenters. The van der Waals surface area contributed by atoms with Gasteiger partial charge in [-0.1, -0.05) is 6.58 Å². The minimum Gasteiger partial charge on any atom is -0.464 e. The van der Waals surface area contributed by atoms with E-state index in [9.17, 15) is 4.79 Å². The second-order valence-corrected chi connectivity index (χ2v) is 1.80. The monoisotopic (exact) mass is 125 g/mol. The first kappa shape index (κ1) is 6.01. The molecule has 1 heterocycles. The summed E-state index contributed by atoms with van der Waals surface area (Å²) in [5.41, 5.74) is 0.488. The van der Waals surface area contributed by atoms with Crippen LogP contribution in [0.4, 0.5) is 0 Å². The summed E-state index contributed by atoms with van der Waals surface area (Å²) in [6.07, 6.45) is 0.146. The molecule has 0 aromatic carbocycles. The Kier molecular flexibility index (Phi) is 1.34. The van der Waals surface area contributed by atoms with Gasteiger partial charge >= 0.3 is 0 Å². The fraction of sp³-hybridized carbons (Fsp3) is 0.333. The van der Waals surface area contributed by atoms with Crippen LogP contribution in [0.1, 0.15) is 6.92 Å². The summed E-state index contributed by atoms with van der Waals surface area (Å²) in [6, 6.07) is 0. The lowest BCUT2D eigenvalue weighted by molar-refractivity contribution is -0.112. The van der Waals surface area contributed by atoms with Crippen LogP contribution in [0.3, 0.4) is 0 Å². The minimum atomic E-state index is -0.537. The van der Waals surface area contributed by atoms with Crippen LogP contribution in [-0.2, 0) is 9.53 Å². The van der Waals surface area contributed by atoms with Crippen molar-refractivity contribution >= 4 is 12.2 Å². The van der Waals surface area contributed by atoms with Crippen molar-refractivity contribution in [2.24, 2.45) is 4.99 Å². The minimum absolute atomic E-state index is 0.488. The molecule has 0 aliphatic carbocycles. The molecule has 0 amide bonds. The highest BCUT2D eigenvalue weighted by Crippen LogP contribution is 2.12. The summed E-state index contributed by atoms with van der Waals surface area (Å²) in [7, 11) is 0. The van der Waals surface area contributed by atoms with Gasteiger partial charge in [0.05, 0.1) is 5.70 Å². The average molecular weight is 125 g/mol. The SMILES string of the molecule is C=C1N=C(C)OC1C=O. The third-order valence-electron chi connectivity index (χ3n) is 1.05. The molecule has 0 spiro atoms. The average Bonchev–Trinajstić information content (AvgIpc) is 2.10. The third-order valence-corrected chi connectivity index (χ3v) is 1.05. The molecule has 3 nitrogen and oxygen atoms in total. The first-order valence-electron chi connectivity index (χ1n) is 2.60. The molecule has 0 N–H and O–H groups in total. The van der Waals surface area contributed by atoms with Gasteiger partial charge in [-0.15, -0.1) is 0 Å². The first-order chi connectivity index (χ1) is 4.24. The highest BCUT2D eigenvalue weighted by molar-refractivity contribution is 5.81. The number of carbonyl (C=O) groups excluding carboxylic acids is 1. The second-order valence-electron chi connectivity index (χ2n) is 1.80. The van der Waals surface area contributed by atoms with Crippen molar-refractivity contribution in [2.75, 3.05) is 0 Å². The number of hydrogen-bond acceptors (Lipinski definition) is 3. The predicted octanol–water partition coefficient (Wildman–Crippen LogP) is 0.516. The number of hydrogen-bond donors (Lipinski definition) is 0. The van der Waals surface area contributed by atoms with Crippen LogP contribution in [0.15, 0.2) is 17.3 Å². The summed E-state index contributed by atoms with van der Waals surface area (Å²) in [5.74, 6) is 0.511. The Morgan fingerprint density at radius 3 is 2.78 bits per heavy atom. The van der Waals surface area contributed by atoms with Crippen LogP contribution in [-0.4, -0.2) is 18.3 Å². The van der Waals surface area contributed by atoms with Gasteiger partial charge in [-0.05, 0) is 0 Å². The number of nitrogens with zero attached hydrogens (tertiary/aromatic N) is 1. The quantitative estimate of drug-likeness (QED) is 0.479. The molecule has 0 aromatic rings. The molecular formula is C6H7NO2. The first-order valence-corrected chi connectivity index (χ1v) is 2.60. The molecule has 9 heavy (non-hydrogen) atoms. The van der Waals surface area contributed by atoms with Gasteiger partial charge in [0.2, 0.25) is 0 Å². The largest absolute Gasteiger partial charge is 0.464 e. The van der Waals surface area contributed by atoms with Gasteiger partial charge in [0.15, 0.2) is 18.3 Å². The number of carbonyl (C=O) groups is 1. The van der Waals surface area contributed by atoms with E-state index in [1.807, 2.05) is 0 Å². The summed E-state index contributed by atoms with van der Waals surface area (Å²) in [5, 5.41) is 0. The molecule has 0 aromatic heterocycles. The highest BCUT2D eigenvalue weighted by Gasteiger charge is 2.19. The zero-order valence-corrected chi connectivity index (χ0v) is 5.13. The van der Waals surface area contributed by atoms with Crippen LogP contribution in [0, 0.1) is 0 Å². The van der Waals surface area contributed by atoms with Crippen LogP contribution < -0.4 is 0 Å². The molecule has 0 radical (unpaired) electrons. The van der Waals surface area contributed by atoms with Gasteiger partial charge in [-0.3, -0.25) is 4.79 Å². The third kappa shape index (κ3) is 0.988. The van der Waals surface area contributed by atoms with Crippen molar-refractivity contribution in [3.63, 3.8) is 0 Å². The topological polar surface area (TPSA) is 38.7 Å². The lowest BCUT2D eigenvalue weighted by Crippen LogP contribution is -2.10.